The molecule has 0 unspecified atom stereocenters. The van der Waals surface area contributed by atoms with E-state index in [1.165, 1.54) is 10.5 Å². The van der Waals surface area contributed by atoms with E-state index in [1.807, 2.05) is 18.7 Å². The van der Waals surface area contributed by atoms with Gasteiger partial charge in [0.25, 0.3) is 0 Å². The van der Waals surface area contributed by atoms with Crippen LogP contribution in [-0.4, -0.2) is 61.5 Å². The van der Waals surface area contributed by atoms with Crippen LogP contribution in [-0.2, 0) is 4.74 Å². The van der Waals surface area contributed by atoms with Crippen molar-refractivity contribution >= 4 is 47.8 Å². The Labute approximate surface area is 190 Å². The average Bonchev–Trinajstić information content (AvgIpc) is 2.67. The van der Waals surface area contributed by atoms with Gasteiger partial charge in [-0.2, -0.15) is 0 Å². The van der Waals surface area contributed by atoms with Gasteiger partial charge in [-0.3, -0.25) is 4.99 Å². The average molecular weight is 520 g/mol. The predicted octanol–water partition coefficient (Wildman–Crippen LogP) is 3.88. The van der Waals surface area contributed by atoms with E-state index in [2.05, 4.69) is 48.7 Å². The lowest BCUT2D eigenvalue weighted by Crippen LogP contribution is -2.50. The van der Waals surface area contributed by atoms with Crippen LogP contribution >= 0.6 is 35.7 Å². The largest absolute Gasteiger partial charge is 0.450 e. The fourth-order valence-electron chi connectivity index (χ4n) is 2.89. The third kappa shape index (κ3) is 8.89. The molecule has 2 rings (SSSR count). The number of amides is 1. The summed E-state index contributed by atoms with van der Waals surface area (Å²) in [6, 6.07) is 8.92. The van der Waals surface area contributed by atoms with Crippen LogP contribution in [0.1, 0.15) is 32.3 Å². The number of carbonyl (C=O) groups excluding carboxylic acids is 1. The molecular formula is C20H33IN4O2S. The Balaban J connectivity index is 0.00000392. The number of carbonyl (C=O) groups is 1. The molecule has 0 radical (unpaired) electrons. The van der Waals surface area contributed by atoms with E-state index in [1.54, 1.807) is 4.90 Å². The van der Waals surface area contributed by atoms with Crippen LogP contribution < -0.4 is 10.6 Å². The van der Waals surface area contributed by atoms with Crippen molar-refractivity contribution in [2.24, 2.45) is 4.99 Å². The highest BCUT2D eigenvalue weighted by Gasteiger charge is 2.23. The van der Waals surface area contributed by atoms with Gasteiger partial charge in [0.05, 0.1) is 13.2 Å². The SMILES string of the molecule is CCNC(=NCCSc1ccc(C)cc1)NC1CCN(C(=O)OCC)CC1.I. The van der Waals surface area contributed by atoms with Crippen molar-refractivity contribution in [1.82, 2.24) is 15.5 Å². The summed E-state index contributed by atoms with van der Waals surface area (Å²) in [5, 5.41) is 6.82. The number of aryl methyl sites for hydroxylation is 1. The number of likely N-dealkylation sites (tertiary alicyclic amines) is 1. The Hall–Kier alpha value is -1.16. The summed E-state index contributed by atoms with van der Waals surface area (Å²) in [5.41, 5.74) is 1.28. The van der Waals surface area contributed by atoms with Gasteiger partial charge >= 0.3 is 6.09 Å². The summed E-state index contributed by atoms with van der Waals surface area (Å²) < 4.78 is 5.07. The first-order valence-corrected chi connectivity index (χ1v) is 10.8. The van der Waals surface area contributed by atoms with E-state index in [4.69, 9.17) is 9.73 Å². The molecule has 0 spiro atoms. The molecule has 28 heavy (non-hydrogen) atoms. The molecule has 8 heteroatoms. The Kier molecular flexibility index (Phi) is 12.4. The van der Waals surface area contributed by atoms with E-state index in [0.29, 0.717) is 12.6 Å². The molecule has 1 aliphatic heterocycles. The second kappa shape index (κ2) is 13.9. The molecule has 1 aromatic rings. The fraction of sp³-hybridized carbons (Fsp3) is 0.600. The van der Waals surface area contributed by atoms with Gasteiger partial charge in [0.15, 0.2) is 5.96 Å². The van der Waals surface area contributed by atoms with Gasteiger partial charge in [-0.1, -0.05) is 17.7 Å². The zero-order valence-electron chi connectivity index (χ0n) is 17.1. The van der Waals surface area contributed by atoms with Crippen LogP contribution in [0.5, 0.6) is 0 Å². The number of thioether (sulfide) groups is 1. The van der Waals surface area contributed by atoms with Crippen LogP contribution in [0.25, 0.3) is 0 Å². The van der Waals surface area contributed by atoms with Crippen molar-refractivity contribution in [3.8, 4) is 0 Å². The molecule has 158 valence electrons. The van der Waals surface area contributed by atoms with Crippen molar-refractivity contribution < 1.29 is 9.53 Å². The topological polar surface area (TPSA) is 66.0 Å². The van der Waals surface area contributed by atoms with Gasteiger partial charge in [-0.15, -0.1) is 35.7 Å². The number of nitrogens with one attached hydrogen (secondary N) is 2. The lowest BCUT2D eigenvalue weighted by Gasteiger charge is -2.32. The van der Waals surface area contributed by atoms with E-state index in [9.17, 15) is 4.79 Å². The van der Waals surface area contributed by atoms with Crippen molar-refractivity contribution in [3.63, 3.8) is 0 Å². The molecule has 1 amide bonds. The second-order valence-corrected chi connectivity index (χ2v) is 7.70. The zero-order valence-corrected chi connectivity index (χ0v) is 20.2. The highest BCUT2D eigenvalue weighted by Crippen LogP contribution is 2.17. The van der Waals surface area contributed by atoms with E-state index in [-0.39, 0.29) is 30.1 Å². The Bertz CT molecular complexity index is 605. The molecule has 1 aromatic carbocycles. The third-order valence-electron chi connectivity index (χ3n) is 4.36. The molecule has 1 heterocycles. The van der Waals surface area contributed by atoms with Crippen molar-refractivity contribution in [1.29, 1.82) is 0 Å². The molecule has 0 bridgehead atoms. The molecule has 6 nitrogen and oxygen atoms in total. The number of nitrogens with zero attached hydrogens (tertiary/aromatic N) is 2. The molecule has 0 aliphatic carbocycles. The van der Waals surface area contributed by atoms with Gasteiger partial charge in [-0.05, 0) is 45.7 Å². The minimum Gasteiger partial charge on any atom is -0.450 e. The van der Waals surface area contributed by atoms with Crippen molar-refractivity contribution in [3.05, 3.63) is 29.8 Å². The number of hydrogen-bond donors (Lipinski definition) is 2. The lowest BCUT2D eigenvalue weighted by molar-refractivity contribution is 0.0963. The first kappa shape index (κ1) is 24.9. The number of hydrogen-bond acceptors (Lipinski definition) is 4. The summed E-state index contributed by atoms with van der Waals surface area (Å²) in [6.07, 6.45) is 1.60. The molecule has 1 aliphatic rings. The summed E-state index contributed by atoms with van der Waals surface area (Å²) in [6.45, 7) is 9.47. The minimum absolute atomic E-state index is 0. The maximum atomic E-state index is 11.8. The number of ether oxygens (including phenoxy) is 1. The van der Waals surface area contributed by atoms with Crippen LogP contribution in [0.4, 0.5) is 4.79 Å². The summed E-state index contributed by atoms with van der Waals surface area (Å²) in [4.78, 5) is 19.5. The van der Waals surface area contributed by atoms with Gasteiger partial charge in [-0.25, -0.2) is 4.79 Å². The van der Waals surface area contributed by atoms with E-state index in [0.717, 1.165) is 50.7 Å². The second-order valence-electron chi connectivity index (χ2n) is 6.53. The molecule has 1 saturated heterocycles. The smallest absolute Gasteiger partial charge is 0.409 e. The number of guanidine groups is 1. The lowest BCUT2D eigenvalue weighted by atomic mass is 10.1. The van der Waals surface area contributed by atoms with Crippen LogP contribution in [0, 0.1) is 6.92 Å². The molecular weight excluding hydrogens is 487 g/mol. The molecule has 0 atom stereocenters. The predicted molar refractivity (Wildman–Crippen MR) is 128 cm³/mol. The number of aliphatic imine (C=N–C) groups is 1. The monoisotopic (exact) mass is 520 g/mol. The Morgan fingerprint density at radius 1 is 1.25 bits per heavy atom. The summed E-state index contributed by atoms with van der Waals surface area (Å²) in [7, 11) is 0. The van der Waals surface area contributed by atoms with Crippen LogP contribution in [0.3, 0.4) is 0 Å². The van der Waals surface area contributed by atoms with Crippen molar-refractivity contribution in [2.75, 3.05) is 38.5 Å². The number of piperidine rings is 1. The molecule has 2 N–H and O–H groups in total. The highest BCUT2D eigenvalue weighted by atomic mass is 127. The maximum Gasteiger partial charge on any atom is 0.409 e. The number of halogens is 1. The molecule has 1 fully saturated rings. The molecule has 0 saturated carbocycles. The van der Waals surface area contributed by atoms with Gasteiger partial charge < -0.3 is 20.3 Å². The zero-order chi connectivity index (χ0) is 19.5. The number of benzene rings is 1. The van der Waals surface area contributed by atoms with Crippen molar-refractivity contribution in [2.45, 2.75) is 44.6 Å². The third-order valence-corrected chi connectivity index (χ3v) is 5.35. The van der Waals surface area contributed by atoms with Crippen LogP contribution in [0.15, 0.2) is 34.2 Å². The first-order chi connectivity index (χ1) is 13.1. The van der Waals surface area contributed by atoms with Gasteiger partial charge in [0.1, 0.15) is 0 Å². The molecule has 0 aromatic heterocycles. The summed E-state index contributed by atoms with van der Waals surface area (Å²) >= 11 is 1.82. The summed E-state index contributed by atoms with van der Waals surface area (Å²) in [5.74, 6) is 1.80. The van der Waals surface area contributed by atoms with E-state index < -0.39 is 0 Å². The minimum atomic E-state index is -0.204. The van der Waals surface area contributed by atoms with E-state index >= 15 is 0 Å². The quantitative estimate of drug-likeness (QED) is 0.188. The number of rotatable bonds is 7. The normalized spacial score (nSPS) is 15.0. The Morgan fingerprint density at radius 3 is 2.54 bits per heavy atom. The Morgan fingerprint density at radius 2 is 1.93 bits per heavy atom. The fourth-order valence-corrected chi connectivity index (χ4v) is 3.64. The standard InChI is InChI=1S/C20H32N4O2S.HI/c1-4-21-19(22-12-15-27-18-8-6-16(3)7-9-18)23-17-10-13-24(14-11-17)20(25)26-5-2;/h6-9,17H,4-5,10-15H2,1-3H3,(H2,21,22,23);1H. The van der Waals surface area contributed by atoms with Gasteiger partial charge in [0, 0.05) is 36.3 Å². The maximum absolute atomic E-state index is 11.8. The highest BCUT2D eigenvalue weighted by molar-refractivity contribution is 14.0. The van der Waals surface area contributed by atoms with Gasteiger partial charge in [0.2, 0.25) is 0 Å². The van der Waals surface area contributed by atoms with Crippen LogP contribution in [0.2, 0.25) is 0 Å². The first-order valence-electron chi connectivity index (χ1n) is 9.78.